The van der Waals surface area contributed by atoms with Crippen LogP contribution in [0.1, 0.15) is 39.4 Å². The number of fused-ring (bicyclic) bond motifs is 1. The number of hydrogen-bond donors (Lipinski definition) is 2. The maximum absolute atomic E-state index is 12.6. The maximum Gasteiger partial charge on any atom is 0.341 e. The molecule has 2 N–H and O–H groups in total. The summed E-state index contributed by atoms with van der Waals surface area (Å²) in [5.41, 5.74) is 1.28. The van der Waals surface area contributed by atoms with Crippen LogP contribution in [0.25, 0.3) is 11.1 Å². The first-order valence-corrected chi connectivity index (χ1v) is 7.43. The maximum atomic E-state index is 12.6. The Balaban J connectivity index is 1.89. The number of anilines is 1. The molecule has 3 rings (SSSR count). The third-order valence-corrected chi connectivity index (χ3v) is 3.62. The number of aromatic carboxylic acids is 1. The number of amides is 1. The molecule has 0 fully saturated rings. The second-order valence-electron chi connectivity index (χ2n) is 5.66. The molecule has 0 radical (unpaired) electrons. The summed E-state index contributed by atoms with van der Waals surface area (Å²) in [5, 5.41) is 15.5. The SMILES string of the molecule is CC(NC(=O)c1cccc2oc(N(C)C)nc12)c1nocc1C(=O)O. The Hall–Kier alpha value is -3.36. The molecule has 0 aliphatic carbocycles. The van der Waals surface area contributed by atoms with Crippen LogP contribution in [-0.2, 0) is 0 Å². The first-order valence-electron chi connectivity index (χ1n) is 7.43. The lowest BCUT2D eigenvalue weighted by molar-refractivity contribution is 0.0693. The minimum Gasteiger partial charge on any atom is -0.478 e. The van der Waals surface area contributed by atoms with E-state index in [1.165, 1.54) is 0 Å². The number of carbonyl (C=O) groups is 2. The van der Waals surface area contributed by atoms with Crippen LogP contribution in [0.4, 0.5) is 6.01 Å². The van der Waals surface area contributed by atoms with Crippen LogP contribution < -0.4 is 10.2 Å². The predicted molar refractivity (Wildman–Crippen MR) is 87.7 cm³/mol. The molecule has 0 aliphatic heterocycles. The van der Waals surface area contributed by atoms with Crippen molar-refractivity contribution in [1.29, 1.82) is 0 Å². The Morgan fingerprint density at radius 3 is 2.72 bits per heavy atom. The van der Waals surface area contributed by atoms with Gasteiger partial charge in [0.15, 0.2) is 5.58 Å². The van der Waals surface area contributed by atoms with Crippen LogP contribution >= 0.6 is 0 Å². The van der Waals surface area contributed by atoms with Gasteiger partial charge in [-0.2, -0.15) is 4.98 Å². The summed E-state index contributed by atoms with van der Waals surface area (Å²) < 4.78 is 10.3. The van der Waals surface area contributed by atoms with Crippen molar-refractivity contribution in [2.24, 2.45) is 0 Å². The Kier molecular flexibility index (Phi) is 4.14. The highest BCUT2D eigenvalue weighted by atomic mass is 16.5. The van der Waals surface area contributed by atoms with Gasteiger partial charge in [0.05, 0.1) is 11.6 Å². The molecule has 3 aromatic rings. The summed E-state index contributed by atoms with van der Waals surface area (Å²) in [7, 11) is 3.56. The lowest BCUT2D eigenvalue weighted by Crippen LogP contribution is -2.28. The topological polar surface area (TPSA) is 122 Å². The van der Waals surface area contributed by atoms with E-state index in [2.05, 4.69) is 15.5 Å². The average Bonchev–Trinajstić information content (AvgIpc) is 3.20. The molecule has 2 heterocycles. The zero-order chi connectivity index (χ0) is 18.1. The Bertz CT molecular complexity index is 943. The van der Waals surface area contributed by atoms with Crippen LogP contribution in [0.5, 0.6) is 0 Å². The van der Waals surface area contributed by atoms with Gasteiger partial charge in [0.2, 0.25) is 0 Å². The molecule has 25 heavy (non-hydrogen) atoms. The van der Waals surface area contributed by atoms with Crippen LogP contribution in [0.3, 0.4) is 0 Å². The van der Waals surface area contributed by atoms with Gasteiger partial charge >= 0.3 is 5.97 Å². The van der Waals surface area contributed by atoms with E-state index in [1.807, 2.05) is 0 Å². The van der Waals surface area contributed by atoms with E-state index in [1.54, 1.807) is 44.1 Å². The van der Waals surface area contributed by atoms with Crippen molar-refractivity contribution in [3.63, 3.8) is 0 Å². The van der Waals surface area contributed by atoms with E-state index in [9.17, 15) is 9.59 Å². The van der Waals surface area contributed by atoms with Gasteiger partial charge in [-0.1, -0.05) is 11.2 Å². The van der Waals surface area contributed by atoms with Crippen molar-refractivity contribution in [2.45, 2.75) is 13.0 Å². The molecule has 0 aliphatic rings. The van der Waals surface area contributed by atoms with E-state index in [0.717, 1.165) is 6.26 Å². The average molecular weight is 344 g/mol. The molecule has 0 spiro atoms. The first kappa shape index (κ1) is 16.5. The Morgan fingerprint density at radius 2 is 2.04 bits per heavy atom. The van der Waals surface area contributed by atoms with E-state index in [0.29, 0.717) is 22.7 Å². The fraction of sp³-hybridized carbons (Fsp3) is 0.250. The van der Waals surface area contributed by atoms with E-state index in [4.69, 9.17) is 14.0 Å². The smallest absolute Gasteiger partial charge is 0.341 e. The number of rotatable bonds is 5. The fourth-order valence-corrected chi connectivity index (χ4v) is 2.37. The molecule has 1 atom stereocenters. The second-order valence-corrected chi connectivity index (χ2v) is 5.66. The zero-order valence-corrected chi connectivity index (χ0v) is 13.8. The quantitative estimate of drug-likeness (QED) is 0.721. The highest BCUT2D eigenvalue weighted by molar-refractivity contribution is 6.05. The minimum atomic E-state index is -1.17. The number of nitrogens with one attached hydrogen (secondary N) is 1. The zero-order valence-electron chi connectivity index (χ0n) is 13.8. The van der Waals surface area contributed by atoms with E-state index in [-0.39, 0.29) is 11.3 Å². The number of para-hydroxylation sites is 1. The molecule has 1 amide bonds. The van der Waals surface area contributed by atoms with Gasteiger partial charge in [-0.05, 0) is 19.1 Å². The van der Waals surface area contributed by atoms with Crippen molar-refractivity contribution in [2.75, 3.05) is 19.0 Å². The third-order valence-electron chi connectivity index (χ3n) is 3.62. The molecule has 9 heteroatoms. The summed E-state index contributed by atoms with van der Waals surface area (Å²) in [6.45, 7) is 1.62. The lowest BCUT2D eigenvalue weighted by Gasteiger charge is -2.12. The largest absolute Gasteiger partial charge is 0.478 e. The molecule has 0 saturated heterocycles. The molecule has 130 valence electrons. The van der Waals surface area contributed by atoms with Crippen LogP contribution in [0.15, 0.2) is 33.4 Å². The molecule has 0 saturated carbocycles. The third kappa shape index (κ3) is 3.03. The lowest BCUT2D eigenvalue weighted by atomic mass is 10.1. The molecule has 1 unspecified atom stereocenters. The monoisotopic (exact) mass is 344 g/mol. The second kappa shape index (κ2) is 6.27. The fourth-order valence-electron chi connectivity index (χ4n) is 2.37. The summed E-state index contributed by atoms with van der Waals surface area (Å²) in [6, 6.07) is 4.75. The highest BCUT2D eigenvalue weighted by Gasteiger charge is 2.23. The van der Waals surface area contributed by atoms with Crippen molar-refractivity contribution in [1.82, 2.24) is 15.5 Å². The van der Waals surface area contributed by atoms with Gasteiger partial charge in [-0.15, -0.1) is 0 Å². The van der Waals surface area contributed by atoms with Gasteiger partial charge in [0, 0.05) is 14.1 Å². The van der Waals surface area contributed by atoms with Crippen molar-refractivity contribution >= 4 is 29.0 Å². The number of aromatic nitrogens is 2. The number of nitrogens with zero attached hydrogens (tertiary/aromatic N) is 3. The molecular formula is C16H16N4O5. The Labute approximate surface area is 142 Å². The van der Waals surface area contributed by atoms with Gasteiger partial charge < -0.3 is 24.3 Å². The van der Waals surface area contributed by atoms with Gasteiger partial charge in [-0.3, -0.25) is 4.79 Å². The number of benzene rings is 1. The summed E-state index contributed by atoms with van der Waals surface area (Å²) in [4.78, 5) is 29.8. The number of oxazole rings is 1. The van der Waals surface area contributed by atoms with Crippen LogP contribution in [-0.4, -0.2) is 41.2 Å². The van der Waals surface area contributed by atoms with Crippen molar-refractivity contribution < 1.29 is 23.6 Å². The standard InChI is InChI=1S/C16H16N4O5/c1-8(12-10(15(22)23)7-24-19-12)17-14(21)9-5-4-6-11-13(9)18-16(25-11)20(2)3/h4-8H,1-3H3,(H,17,21)(H,22,23). The molecule has 9 nitrogen and oxygen atoms in total. The minimum absolute atomic E-state index is 0.0951. The van der Waals surface area contributed by atoms with Crippen LogP contribution in [0, 0.1) is 0 Å². The highest BCUT2D eigenvalue weighted by Crippen LogP contribution is 2.24. The number of carbonyl (C=O) groups excluding carboxylic acids is 1. The Morgan fingerprint density at radius 1 is 1.28 bits per heavy atom. The predicted octanol–water partition coefficient (Wildman–Crippen LogP) is 2.07. The number of carboxylic acid groups (broad SMARTS) is 1. The number of carboxylic acids is 1. The van der Waals surface area contributed by atoms with Gasteiger partial charge in [0.25, 0.3) is 11.9 Å². The molecule has 0 bridgehead atoms. The summed E-state index contributed by atoms with van der Waals surface area (Å²) in [6.07, 6.45) is 1.03. The molecule has 1 aromatic carbocycles. The van der Waals surface area contributed by atoms with Gasteiger partial charge in [-0.25, -0.2) is 4.79 Å². The molecular weight excluding hydrogens is 328 g/mol. The number of hydrogen-bond acceptors (Lipinski definition) is 7. The summed E-state index contributed by atoms with van der Waals surface area (Å²) >= 11 is 0. The van der Waals surface area contributed by atoms with Gasteiger partial charge in [0.1, 0.15) is 23.0 Å². The van der Waals surface area contributed by atoms with E-state index < -0.39 is 17.9 Å². The van der Waals surface area contributed by atoms with E-state index >= 15 is 0 Å². The first-order chi connectivity index (χ1) is 11.9. The van der Waals surface area contributed by atoms with Crippen molar-refractivity contribution in [3.8, 4) is 0 Å². The van der Waals surface area contributed by atoms with Crippen LogP contribution in [0.2, 0.25) is 0 Å². The molecule has 2 aromatic heterocycles. The normalized spacial score (nSPS) is 12.1. The summed E-state index contributed by atoms with van der Waals surface area (Å²) in [5.74, 6) is -1.59. The van der Waals surface area contributed by atoms with Crippen molar-refractivity contribution in [3.05, 3.63) is 41.3 Å².